The van der Waals surface area contributed by atoms with Gasteiger partial charge in [-0.25, -0.2) is 0 Å². The van der Waals surface area contributed by atoms with Gasteiger partial charge in [0.2, 0.25) is 0 Å². The van der Waals surface area contributed by atoms with Crippen LogP contribution in [0, 0.1) is 34.5 Å². The fraction of sp³-hybridized carbons (Fsp3) is 0.815. The van der Waals surface area contributed by atoms with Crippen LogP contribution in [0.1, 0.15) is 80.6 Å². The van der Waals surface area contributed by atoms with Crippen molar-refractivity contribution in [3.05, 3.63) is 29.0 Å². The number of rotatable bonds is 6. The van der Waals surface area contributed by atoms with E-state index in [4.69, 9.17) is 9.47 Å². The van der Waals surface area contributed by atoms with Crippen molar-refractivity contribution in [1.82, 2.24) is 0 Å². The number of hydrogen-bond acceptors (Lipinski definition) is 2. The summed E-state index contributed by atoms with van der Waals surface area (Å²) in [5.41, 5.74) is 7.00. The molecule has 4 aliphatic rings. The van der Waals surface area contributed by atoms with Gasteiger partial charge in [-0.1, -0.05) is 32.4 Å². The average Bonchev–Trinajstić information content (AvgIpc) is 3.46. The van der Waals surface area contributed by atoms with Gasteiger partial charge in [-0.05, 0) is 88.7 Å². The summed E-state index contributed by atoms with van der Waals surface area (Å²) in [5.74, 6) is 2.93. The zero-order valence-corrected chi connectivity index (χ0v) is 20.0. The minimum Gasteiger partial charge on any atom is -0.381 e. The van der Waals surface area contributed by atoms with Crippen molar-refractivity contribution in [2.45, 2.75) is 98.4 Å². The molecule has 4 fully saturated rings. The van der Waals surface area contributed by atoms with Crippen LogP contribution in [0.3, 0.4) is 0 Å². The van der Waals surface area contributed by atoms with Gasteiger partial charge in [-0.2, -0.15) is 0 Å². The van der Waals surface area contributed by atoms with Gasteiger partial charge in [0.25, 0.3) is 0 Å². The van der Waals surface area contributed by atoms with E-state index in [2.05, 4.69) is 66.3 Å². The molecule has 2 heteroatoms. The van der Waals surface area contributed by atoms with Crippen LogP contribution in [0.2, 0.25) is 0 Å². The van der Waals surface area contributed by atoms with E-state index in [1.165, 1.54) is 17.6 Å². The van der Waals surface area contributed by atoms with Crippen molar-refractivity contribution in [3.8, 4) is 0 Å². The Morgan fingerprint density at radius 1 is 1.10 bits per heavy atom. The molecule has 9 atom stereocenters. The topological polar surface area (TPSA) is 18.5 Å². The van der Waals surface area contributed by atoms with Gasteiger partial charge in [-0.3, -0.25) is 0 Å². The second kappa shape index (κ2) is 7.11. The summed E-state index contributed by atoms with van der Waals surface area (Å²) < 4.78 is 13.0. The Kier molecular flexibility index (Phi) is 5.25. The van der Waals surface area contributed by atoms with Crippen LogP contribution in [-0.4, -0.2) is 24.9 Å². The second-order valence-electron chi connectivity index (χ2n) is 11.4. The highest BCUT2D eigenvalue weighted by atomic mass is 16.5. The first-order valence-electron chi connectivity index (χ1n) is 11.9. The summed E-state index contributed by atoms with van der Waals surface area (Å²) in [6.07, 6.45) is 11.0. The molecule has 1 aliphatic heterocycles. The highest BCUT2D eigenvalue weighted by Crippen LogP contribution is 2.84. The van der Waals surface area contributed by atoms with Gasteiger partial charge < -0.3 is 9.47 Å². The first-order valence-corrected chi connectivity index (χ1v) is 11.9. The summed E-state index contributed by atoms with van der Waals surface area (Å²) in [4.78, 5) is 0. The number of hydrogen-bond donors (Lipinski definition) is 0. The van der Waals surface area contributed by atoms with Crippen LogP contribution in [0.15, 0.2) is 29.0 Å². The predicted molar refractivity (Wildman–Crippen MR) is 120 cm³/mol. The van der Waals surface area contributed by atoms with E-state index in [0.717, 1.165) is 43.4 Å². The Morgan fingerprint density at radius 3 is 2.48 bits per heavy atom. The van der Waals surface area contributed by atoms with E-state index in [9.17, 15) is 0 Å². The monoisotopic (exact) mass is 398 g/mol. The molecule has 3 saturated carbocycles. The smallest absolute Gasteiger partial charge is 0.0699 e. The summed E-state index contributed by atoms with van der Waals surface area (Å²) in [6.45, 7) is 16.2. The minimum absolute atomic E-state index is 0.0305. The molecule has 0 amide bonds. The Bertz CT molecular complexity index is 754. The largest absolute Gasteiger partial charge is 0.381 e. The highest BCUT2D eigenvalue weighted by molar-refractivity contribution is 5.33. The summed E-state index contributed by atoms with van der Waals surface area (Å²) in [6, 6.07) is 0. The van der Waals surface area contributed by atoms with Gasteiger partial charge in [-0.15, -0.1) is 5.73 Å². The van der Waals surface area contributed by atoms with Gasteiger partial charge in [0.1, 0.15) is 0 Å². The number of fused-ring (bicyclic) bond motifs is 3. The molecule has 9 unspecified atom stereocenters. The molecular weight excluding hydrogens is 356 g/mol. The third-order valence-electron chi connectivity index (χ3n) is 9.50. The lowest BCUT2D eigenvalue weighted by molar-refractivity contribution is -0.119. The molecule has 0 aromatic heterocycles. The van der Waals surface area contributed by atoms with E-state index in [-0.39, 0.29) is 5.60 Å². The van der Waals surface area contributed by atoms with Crippen molar-refractivity contribution in [2.24, 2.45) is 34.5 Å². The molecule has 1 heterocycles. The Hall–Kier alpha value is -0.820. The maximum atomic E-state index is 6.89. The van der Waals surface area contributed by atoms with Gasteiger partial charge in [0.15, 0.2) is 0 Å². The van der Waals surface area contributed by atoms with Gasteiger partial charge in [0, 0.05) is 24.4 Å². The van der Waals surface area contributed by atoms with E-state index < -0.39 is 0 Å². The molecule has 1 saturated heterocycles. The average molecular weight is 399 g/mol. The number of methoxy groups -OCH3 is 1. The first kappa shape index (κ1) is 21.4. The molecule has 3 aliphatic carbocycles. The Labute approximate surface area is 178 Å². The fourth-order valence-electron chi connectivity index (χ4n) is 7.56. The normalized spacial score (nSPS) is 49.1. The first-order chi connectivity index (χ1) is 13.6. The van der Waals surface area contributed by atoms with Crippen LogP contribution in [0.5, 0.6) is 0 Å². The van der Waals surface area contributed by atoms with Crippen molar-refractivity contribution in [3.63, 3.8) is 0 Å². The minimum atomic E-state index is -0.0305. The maximum absolute atomic E-state index is 6.89. The van der Waals surface area contributed by atoms with Crippen LogP contribution < -0.4 is 0 Å². The zero-order chi connectivity index (χ0) is 21.2. The molecule has 0 bridgehead atoms. The molecule has 0 aromatic rings. The lowest BCUT2D eigenvalue weighted by Gasteiger charge is -2.43. The van der Waals surface area contributed by atoms with Gasteiger partial charge >= 0.3 is 0 Å². The quantitative estimate of drug-likeness (QED) is 0.365. The van der Waals surface area contributed by atoms with Crippen LogP contribution in [-0.2, 0) is 9.47 Å². The molecule has 0 N–H and O–H groups in total. The molecule has 29 heavy (non-hydrogen) atoms. The predicted octanol–water partition coefficient (Wildman–Crippen LogP) is 6.72. The zero-order valence-electron chi connectivity index (χ0n) is 20.0. The summed E-state index contributed by atoms with van der Waals surface area (Å²) in [5, 5.41) is 0. The van der Waals surface area contributed by atoms with E-state index in [1.807, 2.05) is 7.11 Å². The standard InChI is InChI=1S/C27H42O2/c1-17(2)11-9-12-18(3)13-10-14-25(6)15-16-27-20(5)23(28-8)26(7)19(4)21(26)22(27)24(27)29-25/h10-11,19-24H,9,12,14-16H2,1-8H3. The van der Waals surface area contributed by atoms with E-state index in [1.54, 1.807) is 0 Å². The fourth-order valence-corrected chi connectivity index (χ4v) is 7.56. The van der Waals surface area contributed by atoms with Crippen molar-refractivity contribution in [1.29, 1.82) is 0 Å². The van der Waals surface area contributed by atoms with Crippen molar-refractivity contribution in [2.75, 3.05) is 7.11 Å². The molecule has 0 radical (unpaired) electrons. The van der Waals surface area contributed by atoms with Crippen LogP contribution >= 0.6 is 0 Å². The maximum Gasteiger partial charge on any atom is 0.0699 e. The summed E-state index contributed by atoms with van der Waals surface area (Å²) in [7, 11) is 1.92. The van der Waals surface area contributed by atoms with E-state index in [0.29, 0.717) is 29.0 Å². The molecule has 0 aromatic carbocycles. The SMILES string of the molecule is COC1C(C)C23CCC(C)(CC=C=C(C)CCC=C(C)C)OC2C3C2C(C)C12C. The molecule has 2 nitrogen and oxygen atoms in total. The lowest BCUT2D eigenvalue weighted by atomic mass is 9.68. The van der Waals surface area contributed by atoms with Crippen molar-refractivity contribution < 1.29 is 9.47 Å². The third-order valence-corrected chi connectivity index (χ3v) is 9.50. The highest BCUT2D eigenvalue weighted by Gasteiger charge is 2.86. The number of ether oxygens (including phenoxy) is 2. The third kappa shape index (κ3) is 3.13. The van der Waals surface area contributed by atoms with Crippen molar-refractivity contribution >= 4 is 0 Å². The van der Waals surface area contributed by atoms with E-state index >= 15 is 0 Å². The second-order valence-corrected chi connectivity index (χ2v) is 11.4. The number of allylic oxidation sites excluding steroid dienone is 2. The van der Waals surface area contributed by atoms with Gasteiger partial charge in [0.05, 0.1) is 17.8 Å². The summed E-state index contributed by atoms with van der Waals surface area (Å²) >= 11 is 0. The molecular formula is C27H42O2. The molecule has 162 valence electrons. The lowest BCUT2D eigenvalue weighted by Crippen LogP contribution is -2.44. The van der Waals surface area contributed by atoms with Crippen LogP contribution in [0.25, 0.3) is 0 Å². The Morgan fingerprint density at radius 2 is 1.83 bits per heavy atom. The molecule has 1 spiro atoms. The Balaban J connectivity index is 1.42. The molecule has 4 rings (SSSR count). The van der Waals surface area contributed by atoms with Crippen LogP contribution in [0.4, 0.5) is 0 Å².